The Kier molecular flexibility index (Phi) is 3.11. The van der Waals surface area contributed by atoms with Gasteiger partial charge in [0, 0.05) is 4.47 Å². The molecule has 96 valence electrons. The van der Waals surface area contributed by atoms with E-state index in [1.165, 1.54) is 6.07 Å². The number of fused-ring (bicyclic) bond motifs is 2. The SMILES string of the molecule is O=C(NC1CC2CCC1O2)c1c(F)cccc1Br. The first-order valence-corrected chi connectivity index (χ1v) is 6.85. The molecule has 3 rings (SSSR count). The van der Waals surface area contributed by atoms with Crippen molar-refractivity contribution in [3.05, 3.63) is 34.1 Å². The fourth-order valence-electron chi connectivity index (χ4n) is 2.75. The minimum absolute atomic E-state index is 0.0164. The number of carbonyl (C=O) groups is 1. The van der Waals surface area contributed by atoms with Crippen molar-refractivity contribution >= 4 is 21.8 Å². The molecule has 2 aliphatic heterocycles. The summed E-state index contributed by atoms with van der Waals surface area (Å²) in [6.07, 6.45) is 3.26. The molecule has 1 aromatic rings. The van der Waals surface area contributed by atoms with Crippen molar-refractivity contribution in [2.45, 2.75) is 37.5 Å². The highest BCUT2D eigenvalue weighted by molar-refractivity contribution is 9.10. The van der Waals surface area contributed by atoms with Crippen molar-refractivity contribution in [1.82, 2.24) is 5.32 Å². The van der Waals surface area contributed by atoms with Crippen molar-refractivity contribution in [2.75, 3.05) is 0 Å². The predicted octanol–water partition coefficient (Wildman–Crippen LogP) is 2.64. The summed E-state index contributed by atoms with van der Waals surface area (Å²) < 4.78 is 19.8. The quantitative estimate of drug-likeness (QED) is 0.911. The topological polar surface area (TPSA) is 38.3 Å². The summed E-state index contributed by atoms with van der Waals surface area (Å²) in [4.78, 5) is 12.1. The molecule has 2 heterocycles. The number of halogens is 2. The Hall–Kier alpha value is -0.940. The van der Waals surface area contributed by atoms with Gasteiger partial charge in [-0.2, -0.15) is 0 Å². The van der Waals surface area contributed by atoms with Crippen molar-refractivity contribution in [2.24, 2.45) is 0 Å². The van der Waals surface area contributed by atoms with E-state index in [-0.39, 0.29) is 29.7 Å². The lowest BCUT2D eigenvalue weighted by Gasteiger charge is -2.20. The second-order valence-corrected chi connectivity index (χ2v) is 5.64. The second-order valence-electron chi connectivity index (χ2n) is 4.79. The third-order valence-electron chi connectivity index (χ3n) is 3.61. The molecule has 2 aliphatic rings. The van der Waals surface area contributed by atoms with Crippen LogP contribution in [-0.4, -0.2) is 24.2 Å². The maximum Gasteiger partial charge on any atom is 0.255 e. The van der Waals surface area contributed by atoms with Crippen LogP contribution in [0.2, 0.25) is 0 Å². The van der Waals surface area contributed by atoms with Crippen molar-refractivity contribution < 1.29 is 13.9 Å². The van der Waals surface area contributed by atoms with Gasteiger partial charge in [-0.15, -0.1) is 0 Å². The highest BCUT2D eigenvalue weighted by atomic mass is 79.9. The number of hydrogen-bond donors (Lipinski definition) is 1. The Labute approximate surface area is 113 Å². The summed E-state index contributed by atoms with van der Waals surface area (Å²) in [6.45, 7) is 0. The van der Waals surface area contributed by atoms with Crippen LogP contribution >= 0.6 is 15.9 Å². The van der Waals surface area contributed by atoms with Crippen LogP contribution in [0, 0.1) is 5.82 Å². The molecule has 1 amide bonds. The minimum Gasteiger partial charge on any atom is -0.373 e. The molecule has 1 N–H and O–H groups in total. The standard InChI is InChI=1S/C13H13BrFNO2/c14-8-2-1-3-9(15)12(8)13(17)16-10-6-7-4-5-11(10)18-7/h1-3,7,10-11H,4-6H2,(H,16,17). The molecule has 0 aliphatic carbocycles. The van der Waals surface area contributed by atoms with Gasteiger partial charge < -0.3 is 10.1 Å². The Bertz CT molecular complexity index is 474. The molecular formula is C13H13BrFNO2. The molecule has 3 nitrogen and oxygen atoms in total. The molecule has 0 radical (unpaired) electrons. The van der Waals surface area contributed by atoms with Crippen LogP contribution in [0.3, 0.4) is 0 Å². The summed E-state index contributed by atoms with van der Waals surface area (Å²) in [6, 6.07) is 4.53. The van der Waals surface area contributed by atoms with Crippen LogP contribution in [0.25, 0.3) is 0 Å². The summed E-state index contributed by atoms with van der Waals surface area (Å²) in [5.74, 6) is -0.882. The fraction of sp³-hybridized carbons (Fsp3) is 0.462. The van der Waals surface area contributed by atoms with Gasteiger partial charge in [-0.25, -0.2) is 4.39 Å². The van der Waals surface area contributed by atoms with E-state index in [2.05, 4.69) is 21.2 Å². The van der Waals surface area contributed by atoms with Gasteiger partial charge in [-0.05, 0) is 47.3 Å². The van der Waals surface area contributed by atoms with Crippen LogP contribution in [0.15, 0.2) is 22.7 Å². The minimum atomic E-state index is -0.508. The van der Waals surface area contributed by atoms with Gasteiger partial charge in [0.1, 0.15) is 5.82 Å². The number of carbonyl (C=O) groups excluding carboxylic acids is 1. The lowest BCUT2D eigenvalue weighted by molar-refractivity contribution is 0.0837. The average Bonchev–Trinajstić information content (AvgIpc) is 2.90. The molecule has 0 aromatic heterocycles. The highest BCUT2D eigenvalue weighted by Crippen LogP contribution is 2.34. The lowest BCUT2D eigenvalue weighted by atomic mass is 9.95. The summed E-state index contributed by atoms with van der Waals surface area (Å²) in [5.41, 5.74) is 0.0697. The summed E-state index contributed by atoms with van der Waals surface area (Å²) >= 11 is 3.21. The number of rotatable bonds is 2. The van der Waals surface area contributed by atoms with Crippen LogP contribution in [0.4, 0.5) is 4.39 Å². The van der Waals surface area contributed by atoms with E-state index >= 15 is 0 Å². The van der Waals surface area contributed by atoms with E-state index < -0.39 is 5.82 Å². The van der Waals surface area contributed by atoms with E-state index in [0.29, 0.717) is 4.47 Å². The van der Waals surface area contributed by atoms with Gasteiger partial charge in [0.2, 0.25) is 0 Å². The predicted molar refractivity (Wildman–Crippen MR) is 67.9 cm³/mol. The Morgan fingerprint density at radius 2 is 2.28 bits per heavy atom. The molecule has 1 aromatic carbocycles. The van der Waals surface area contributed by atoms with Crippen LogP contribution in [0.5, 0.6) is 0 Å². The zero-order chi connectivity index (χ0) is 12.7. The molecule has 5 heteroatoms. The molecule has 0 saturated carbocycles. The first-order chi connectivity index (χ1) is 8.65. The molecule has 18 heavy (non-hydrogen) atoms. The summed E-state index contributed by atoms with van der Waals surface area (Å²) in [5, 5.41) is 2.87. The Balaban J connectivity index is 1.75. The number of benzene rings is 1. The van der Waals surface area contributed by atoms with Crippen molar-refractivity contribution in [3.63, 3.8) is 0 Å². The van der Waals surface area contributed by atoms with Gasteiger partial charge in [0.25, 0.3) is 5.91 Å². The van der Waals surface area contributed by atoms with Gasteiger partial charge in [0.15, 0.2) is 0 Å². The Morgan fingerprint density at radius 1 is 1.44 bits per heavy atom. The van der Waals surface area contributed by atoms with E-state index in [1.54, 1.807) is 12.1 Å². The third-order valence-corrected chi connectivity index (χ3v) is 4.27. The van der Waals surface area contributed by atoms with E-state index in [0.717, 1.165) is 19.3 Å². The maximum absolute atomic E-state index is 13.6. The molecule has 2 bridgehead atoms. The summed E-state index contributed by atoms with van der Waals surface area (Å²) in [7, 11) is 0. The van der Waals surface area contributed by atoms with Crippen LogP contribution in [0.1, 0.15) is 29.6 Å². The normalized spacial score (nSPS) is 29.6. The molecule has 3 atom stereocenters. The second kappa shape index (κ2) is 4.63. The van der Waals surface area contributed by atoms with E-state index in [4.69, 9.17) is 4.74 Å². The average molecular weight is 314 g/mol. The lowest BCUT2D eigenvalue weighted by Crippen LogP contribution is -2.41. The van der Waals surface area contributed by atoms with E-state index in [1.807, 2.05) is 0 Å². The number of nitrogens with one attached hydrogen (secondary N) is 1. The van der Waals surface area contributed by atoms with E-state index in [9.17, 15) is 9.18 Å². The number of hydrogen-bond acceptors (Lipinski definition) is 2. The van der Waals surface area contributed by atoms with Gasteiger partial charge in [-0.1, -0.05) is 6.07 Å². The van der Waals surface area contributed by atoms with Gasteiger partial charge in [-0.3, -0.25) is 4.79 Å². The maximum atomic E-state index is 13.6. The molecule has 3 unspecified atom stereocenters. The third kappa shape index (κ3) is 2.06. The zero-order valence-corrected chi connectivity index (χ0v) is 11.2. The molecular weight excluding hydrogens is 301 g/mol. The zero-order valence-electron chi connectivity index (χ0n) is 9.66. The number of amides is 1. The van der Waals surface area contributed by atoms with Crippen molar-refractivity contribution in [1.29, 1.82) is 0 Å². The van der Waals surface area contributed by atoms with Crippen LogP contribution in [-0.2, 0) is 4.74 Å². The van der Waals surface area contributed by atoms with Crippen LogP contribution < -0.4 is 5.32 Å². The molecule has 0 spiro atoms. The smallest absolute Gasteiger partial charge is 0.255 e. The van der Waals surface area contributed by atoms with Gasteiger partial charge in [0.05, 0.1) is 23.8 Å². The van der Waals surface area contributed by atoms with Crippen molar-refractivity contribution in [3.8, 4) is 0 Å². The Morgan fingerprint density at radius 3 is 2.89 bits per heavy atom. The largest absolute Gasteiger partial charge is 0.373 e. The van der Waals surface area contributed by atoms with Gasteiger partial charge >= 0.3 is 0 Å². The number of ether oxygens (including phenoxy) is 1. The fourth-order valence-corrected chi connectivity index (χ4v) is 3.27. The first-order valence-electron chi connectivity index (χ1n) is 6.05. The molecule has 2 saturated heterocycles. The molecule has 2 fully saturated rings. The highest BCUT2D eigenvalue weighted by Gasteiger charge is 2.41. The monoisotopic (exact) mass is 313 g/mol. The first kappa shape index (κ1) is 12.1.